The molecule has 0 spiro atoms. The number of aromatic nitrogens is 2. The lowest BCUT2D eigenvalue weighted by molar-refractivity contribution is 0.512. The van der Waals surface area contributed by atoms with Gasteiger partial charge in [-0.05, 0) is 72.0 Å². The minimum atomic E-state index is -4.19. The molecule has 0 aliphatic heterocycles. The van der Waals surface area contributed by atoms with Gasteiger partial charge in [0.15, 0.2) is 17.5 Å². The fourth-order valence-corrected chi connectivity index (χ4v) is 5.68. The van der Waals surface area contributed by atoms with Crippen LogP contribution in [-0.2, 0) is 10.0 Å². The van der Waals surface area contributed by atoms with E-state index in [0.717, 1.165) is 35.0 Å². The molecule has 0 fully saturated rings. The van der Waals surface area contributed by atoms with Crippen molar-refractivity contribution in [3.8, 4) is 10.7 Å². The molecule has 2 heterocycles. The van der Waals surface area contributed by atoms with E-state index < -0.39 is 33.2 Å². The Bertz CT molecular complexity index is 1420. The number of benzene rings is 2. The van der Waals surface area contributed by atoms with Gasteiger partial charge in [-0.2, -0.15) is 4.37 Å². The van der Waals surface area contributed by atoms with E-state index in [1.807, 2.05) is 0 Å². The van der Waals surface area contributed by atoms with Crippen molar-refractivity contribution in [2.75, 3.05) is 10.0 Å². The minimum absolute atomic E-state index is 0.115. The van der Waals surface area contributed by atoms with E-state index in [-0.39, 0.29) is 25.9 Å². The number of thiophene rings is 1. The maximum Gasteiger partial charge on any atom is 0.271 e. The molecule has 0 radical (unpaired) electrons. The lowest BCUT2D eigenvalue weighted by Crippen LogP contribution is -2.14. The second-order valence-corrected chi connectivity index (χ2v) is 10.8. The lowest BCUT2D eigenvalue weighted by atomic mass is 10.2. The quantitative estimate of drug-likeness (QED) is 0.319. The first-order chi connectivity index (χ1) is 15.1. The Labute approximate surface area is 193 Å². The second kappa shape index (κ2) is 8.70. The average molecular weight is 517 g/mol. The van der Waals surface area contributed by atoms with Crippen LogP contribution in [0.4, 0.5) is 30.2 Å². The molecule has 13 heteroatoms. The van der Waals surface area contributed by atoms with E-state index >= 15 is 0 Å². The number of rotatable bonds is 6. The van der Waals surface area contributed by atoms with E-state index in [9.17, 15) is 21.6 Å². The van der Waals surface area contributed by atoms with Crippen molar-refractivity contribution in [3.63, 3.8) is 0 Å². The third kappa shape index (κ3) is 4.58. The summed E-state index contributed by atoms with van der Waals surface area (Å²) < 4.78 is 74.7. The summed E-state index contributed by atoms with van der Waals surface area (Å²) in [5.74, 6) is -3.03. The molecule has 0 atom stereocenters. The minimum Gasteiger partial charge on any atom is -0.349 e. The maximum atomic E-state index is 14.5. The van der Waals surface area contributed by atoms with Crippen molar-refractivity contribution in [1.82, 2.24) is 9.36 Å². The van der Waals surface area contributed by atoms with Gasteiger partial charge < -0.3 is 5.32 Å². The molecule has 4 rings (SSSR count). The molecule has 32 heavy (non-hydrogen) atoms. The van der Waals surface area contributed by atoms with Crippen molar-refractivity contribution < 1.29 is 21.6 Å². The molecule has 0 unspecified atom stereocenters. The maximum absolute atomic E-state index is 14.5. The lowest BCUT2D eigenvalue weighted by Gasteiger charge is -2.15. The van der Waals surface area contributed by atoms with Crippen molar-refractivity contribution in [2.45, 2.75) is 11.1 Å². The third-order valence-electron chi connectivity index (χ3n) is 4.19. The largest absolute Gasteiger partial charge is 0.349 e. The Morgan fingerprint density at radius 3 is 2.44 bits per heavy atom. The second-order valence-electron chi connectivity index (χ2n) is 6.49. The molecule has 0 aliphatic carbocycles. The summed E-state index contributed by atoms with van der Waals surface area (Å²) in [5, 5.41) is 2.44. The number of sulfonamides is 1. The molecule has 0 aliphatic rings. The van der Waals surface area contributed by atoms with E-state index in [2.05, 4.69) is 19.4 Å². The van der Waals surface area contributed by atoms with Gasteiger partial charge >= 0.3 is 0 Å². The molecular formula is C19H12ClF3N4O2S3. The third-order valence-corrected chi connectivity index (χ3v) is 7.93. The van der Waals surface area contributed by atoms with Gasteiger partial charge in [0.1, 0.15) is 15.7 Å². The van der Waals surface area contributed by atoms with Crippen molar-refractivity contribution in [1.29, 1.82) is 0 Å². The first-order valence-electron chi connectivity index (χ1n) is 8.77. The number of anilines is 3. The van der Waals surface area contributed by atoms with Crippen LogP contribution in [0.1, 0.15) is 5.56 Å². The van der Waals surface area contributed by atoms with Crippen LogP contribution in [0, 0.1) is 24.4 Å². The first-order valence-corrected chi connectivity index (χ1v) is 12.2. The molecule has 0 saturated carbocycles. The Balaban J connectivity index is 1.68. The van der Waals surface area contributed by atoms with Crippen LogP contribution in [0.3, 0.4) is 0 Å². The summed E-state index contributed by atoms with van der Waals surface area (Å²) in [6.45, 7) is 1.67. The highest BCUT2D eigenvalue weighted by atomic mass is 35.5. The predicted octanol–water partition coefficient (Wildman–Crippen LogP) is 6.19. The fourth-order valence-electron chi connectivity index (χ4n) is 2.70. The van der Waals surface area contributed by atoms with Gasteiger partial charge in [-0.3, -0.25) is 4.72 Å². The van der Waals surface area contributed by atoms with E-state index in [1.54, 1.807) is 13.0 Å². The van der Waals surface area contributed by atoms with Gasteiger partial charge in [0.25, 0.3) is 10.0 Å². The molecule has 6 nitrogen and oxygen atoms in total. The van der Waals surface area contributed by atoms with Crippen LogP contribution in [-0.4, -0.2) is 17.8 Å². The summed E-state index contributed by atoms with van der Waals surface area (Å²) >= 11 is 7.59. The molecule has 0 bridgehead atoms. The van der Waals surface area contributed by atoms with Gasteiger partial charge in [0.2, 0.25) is 4.47 Å². The monoisotopic (exact) mass is 516 g/mol. The highest BCUT2D eigenvalue weighted by molar-refractivity contribution is 7.94. The molecule has 2 N–H and O–H groups in total. The number of halogens is 4. The summed E-state index contributed by atoms with van der Waals surface area (Å²) in [6.07, 6.45) is 0. The number of aryl methyl sites for hydroxylation is 1. The summed E-state index contributed by atoms with van der Waals surface area (Å²) in [4.78, 5) is 4.45. The van der Waals surface area contributed by atoms with Crippen LogP contribution in [0.25, 0.3) is 10.7 Å². The molecule has 2 aromatic heterocycles. The topological polar surface area (TPSA) is 84.0 Å². The van der Waals surface area contributed by atoms with Crippen LogP contribution in [0.15, 0.2) is 46.7 Å². The highest BCUT2D eigenvalue weighted by Crippen LogP contribution is 2.35. The standard InChI is InChI=1S/C19H12ClF3N4O2S3/c1-9-2-4-12(11(22)8-9)24-17-13(5-3-10(21)16(17)23)27-32(28,29)15-7-6-14(30-15)18-25-19(20)31-26-18/h2-8,24,27H,1H3. The highest BCUT2D eigenvalue weighted by Gasteiger charge is 2.23. The predicted molar refractivity (Wildman–Crippen MR) is 120 cm³/mol. The van der Waals surface area contributed by atoms with E-state index in [4.69, 9.17) is 11.6 Å². The Kier molecular flexibility index (Phi) is 6.12. The van der Waals surface area contributed by atoms with Crippen LogP contribution < -0.4 is 10.0 Å². The number of nitrogens with one attached hydrogen (secondary N) is 2. The zero-order chi connectivity index (χ0) is 23.0. The Morgan fingerprint density at radius 1 is 1.00 bits per heavy atom. The molecular weight excluding hydrogens is 505 g/mol. The zero-order valence-electron chi connectivity index (χ0n) is 16.0. The average Bonchev–Trinajstić information content (AvgIpc) is 3.38. The van der Waals surface area contributed by atoms with Crippen molar-refractivity contribution in [2.24, 2.45) is 0 Å². The SMILES string of the molecule is Cc1ccc(Nc2c(NS(=O)(=O)c3ccc(-c4nsc(Cl)n4)s3)ccc(F)c2F)c(F)c1. The molecule has 4 aromatic rings. The van der Waals surface area contributed by atoms with Gasteiger partial charge in [0, 0.05) is 0 Å². The molecule has 166 valence electrons. The summed E-state index contributed by atoms with van der Waals surface area (Å²) in [7, 11) is -4.19. The summed E-state index contributed by atoms with van der Waals surface area (Å²) in [6, 6.07) is 8.75. The van der Waals surface area contributed by atoms with Gasteiger partial charge in [-0.25, -0.2) is 26.6 Å². The van der Waals surface area contributed by atoms with Gasteiger partial charge in [-0.15, -0.1) is 11.3 Å². The van der Waals surface area contributed by atoms with E-state index in [1.165, 1.54) is 24.3 Å². The van der Waals surface area contributed by atoms with Crippen LogP contribution in [0.5, 0.6) is 0 Å². The Hall–Kier alpha value is -2.67. The van der Waals surface area contributed by atoms with Crippen LogP contribution in [0.2, 0.25) is 4.47 Å². The zero-order valence-corrected chi connectivity index (χ0v) is 19.2. The van der Waals surface area contributed by atoms with Crippen molar-refractivity contribution >= 4 is 61.6 Å². The number of hydrogen-bond donors (Lipinski definition) is 2. The van der Waals surface area contributed by atoms with Crippen molar-refractivity contribution in [3.05, 3.63) is 69.9 Å². The Morgan fingerprint density at radius 2 is 1.75 bits per heavy atom. The molecule has 2 aromatic carbocycles. The van der Waals surface area contributed by atoms with Crippen LogP contribution >= 0.6 is 34.5 Å². The number of nitrogens with zero attached hydrogens (tertiary/aromatic N) is 2. The normalized spacial score (nSPS) is 11.5. The molecule has 0 amide bonds. The molecule has 0 saturated heterocycles. The van der Waals surface area contributed by atoms with Gasteiger partial charge in [0.05, 0.1) is 16.3 Å². The smallest absolute Gasteiger partial charge is 0.271 e. The van der Waals surface area contributed by atoms with Gasteiger partial charge in [-0.1, -0.05) is 6.07 Å². The number of hydrogen-bond acceptors (Lipinski definition) is 7. The van der Waals surface area contributed by atoms with E-state index in [0.29, 0.717) is 10.4 Å². The fraction of sp³-hybridized carbons (Fsp3) is 0.0526. The summed E-state index contributed by atoms with van der Waals surface area (Å²) in [5.41, 5.74) is -0.377. The first kappa shape index (κ1) is 22.5.